The lowest BCUT2D eigenvalue weighted by atomic mass is 10.3. The van der Waals surface area contributed by atoms with Crippen molar-refractivity contribution in [2.45, 2.75) is 0 Å². The van der Waals surface area contributed by atoms with Gasteiger partial charge in [0.25, 0.3) is 5.91 Å². The first-order valence-corrected chi connectivity index (χ1v) is 8.28. The summed E-state index contributed by atoms with van der Waals surface area (Å²) >= 11 is 1.52. The van der Waals surface area contributed by atoms with Gasteiger partial charge >= 0.3 is 0 Å². The fraction of sp³-hybridized carbons (Fsp3) is 0. The van der Waals surface area contributed by atoms with E-state index in [4.69, 9.17) is 0 Å². The van der Waals surface area contributed by atoms with Gasteiger partial charge in [-0.2, -0.15) is 4.98 Å². The molecule has 4 rings (SSSR count). The Kier molecular flexibility index (Phi) is 4.01. The van der Waals surface area contributed by atoms with Crippen molar-refractivity contribution in [1.29, 1.82) is 0 Å². The monoisotopic (exact) mass is 348 g/mol. The largest absolute Gasteiger partial charge is 0.290 e. The van der Waals surface area contributed by atoms with Gasteiger partial charge in [0, 0.05) is 12.3 Å². The smallest absolute Gasteiger partial charge is 0.250 e. The first-order chi connectivity index (χ1) is 12.3. The van der Waals surface area contributed by atoms with E-state index in [-0.39, 0.29) is 11.9 Å². The van der Waals surface area contributed by atoms with Crippen LogP contribution in [-0.4, -0.2) is 31.1 Å². The highest BCUT2D eigenvalue weighted by Crippen LogP contribution is 2.22. The maximum absolute atomic E-state index is 12.0. The van der Waals surface area contributed by atoms with Gasteiger partial charge in [0.1, 0.15) is 10.7 Å². The second kappa shape index (κ2) is 6.62. The maximum Gasteiger partial charge on any atom is 0.250 e. The van der Waals surface area contributed by atoms with Crippen LogP contribution in [0.3, 0.4) is 0 Å². The van der Waals surface area contributed by atoms with Crippen molar-refractivity contribution in [3.05, 3.63) is 59.7 Å². The summed E-state index contributed by atoms with van der Waals surface area (Å²) in [5, 5.41) is 10.1. The highest BCUT2D eigenvalue weighted by atomic mass is 32.1. The molecule has 0 aliphatic rings. The molecule has 0 bridgehead atoms. The summed E-state index contributed by atoms with van der Waals surface area (Å²) in [5.41, 5.74) is 1.57. The minimum Gasteiger partial charge on any atom is -0.290 e. The number of para-hydroxylation sites is 1. The third-order valence-electron chi connectivity index (χ3n) is 3.32. The molecule has 0 unspecified atom stereocenters. The number of thiazole rings is 1. The van der Waals surface area contributed by atoms with Gasteiger partial charge in [-0.05, 0) is 30.3 Å². The van der Waals surface area contributed by atoms with Gasteiger partial charge < -0.3 is 0 Å². The number of pyridine rings is 1. The van der Waals surface area contributed by atoms with Crippen molar-refractivity contribution in [3.8, 4) is 11.5 Å². The number of fused-ring (bicyclic) bond motifs is 1. The molecule has 3 aromatic heterocycles. The third kappa shape index (κ3) is 3.43. The van der Waals surface area contributed by atoms with E-state index in [1.54, 1.807) is 18.3 Å². The van der Waals surface area contributed by atoms with Crippen molar-refractivity contribution in [2.24, 2.45) is 0 Å². The highest BCUT2D eigenvalue weighted by molar-refractivity contribution is 7.19. The van der Waals surface area contributed by atoms with Crippen molar-refractivity contribution in [2.75, 3.05) is 5.32 Å². The maximum atomic E-state index is 12.0. The van der Waals surface area contributed by atoms with Gasteiger partial charge in [0.15, 0.2) is 5.82 Å². The Morgan fingerprint density at radius 2 is 2.00 bits per heavy atom. The molecule has 0 saturated carbocycles. The molecule has 2 N–H and O–H groups in total. The summed E-state index contributed by atoms with van der Waals surface area (Å²) in [6.45, 7) is 0. The normalized spacial score (nSPS) is 11.2. The van der Waals surface area contributed by atoms with E-state index in [1.165, 1.54) is 17.4 Å². The van der Waals surface area contributed by atoms with Gasteiger partial charge in [-0.1, -0.05) is 18.2 Å². The fourth-order valence-electron chi connectivity index (χ4n) is 2.20. The van der Waals surface area contributed by atoms with Crippen LogP contribution in [0.4, 0.5) is 5.95 Å². The number of rotatable bonds is 4. The number of anilines is 1. The van der Waals surface area contributed by atoms with Crippen molar-refractivity contribution >= 4 is 39.5 Å². The Bertz CT molecular complexity index is 1020. The number of H-pyrrole nitrogens is 1. The highest BCUT2D eigenvalue weighted by Gasteiger charge is 2.08. The molecule has 1 amide bonds. The number of aromatic nitrogens is 5. The second-order valence-electron chi connectivity index (χ2n) is 5.07. The van der Waals surface area contributed by atoms with E-state index in [9.17, 15) is 4.79 Å². The molecule has 3 heterocycles. The molecular formula is C17H12N6OS. The third-order valence-corrected chi connectivity index (χ3v) is 4.32. The summed E-state index contributed by atoms with van der Waals surface area (Å²) < 4.78 is 1.08. The first kappa shape index (κ1) is 15.2. The van der Waals surface area contributed by atoms with Gasteiger partial charge in [-0.15, -0.1) is 16.4 Å². The summed E-state index contributed by atoms with van der Waals surface area (Å²) in [6.07, 6.45) is 4.75. The number of nitrogens with zero attached hydrogens (tertiary/aromatic N) is 4. The van der Waals surface area contributed by atoms with Crippen molar-refractivity contribution < 1.29 is 4.79 Å². The lowest BCUT2D eigenvalue weighted by molar-refractivity contribution is -0.111. The van der Waals surface area contributed by atoms with Gasteiger partial charge in [0.2, 0.25) is 5.95 Å². The Morgan fingerprint density at radius 3 is 2.84 bits per heavy atom. The molecule has 122 valence electrons. The molecule has 0 radical (unpaired) electrons. The van der Waals surface area contributed by atoms with Gasteiger partial charge in [0.05, 0.1) is 10.2 Å². The Labute approximate surface area is 146 Å². The minimum atomic E-state index is -0.328. The predicted octanol–water partition coefficient (Wildman–Crippen LogP) is 3.13. The number of benzene rings is 1. The van der Waals surface area contributed by atoms with Crippen LogP contribution in [0.15, 0.2) is 54.7 Å². The lowest BCUT2D eigenvalue weighted by Gasteiger charge is -1.94. The van der Waals surface area contributed by atoms with Crippen LogP contribution >= 0.6 is 11.3 Å². The zero-order valence-corrected chi connectivity index (χ0v) is 13.7. The van der Waals surface area contributed by atoms with E-state index in [0.29, 0.717) is 11.5 Å². The van der Waals surface area contributed by atoms with Crippen LogP contribution in [0.2, 0.25) is 0 Å². The van der Waals surface area contributed by atoms with Crippen LogP contribution in [0.1, 0.15) is 5.01 Å². The standard InChI is InChI=1S/C17H12N6OS/c24-14(8-9-15-19-11-5-1-2-7-13(11)25-15)20-17-21-16(22-23-17)12-6-3-4-10-18-12/h1-10H,(H2,20,21,22,23,24)/b9-8+. The molecule has 0 saturated heterocycles. The number of carbonyl (C=O) groups is 1. The van der Waals surface area contributed by atoms with Crippen LogP contribution in [0.5, 0.6) is 0 Å². The summed E-state index contributed by atoms with van der Waals surface area (Å²) in [5.74, 6) is 0.358. The number of hydrogen-bond donors (Lipinski definition) is 2. The fourth-order valence-corrected chi connectivity index (χ4v) is 3.07. The Morgan fingerprint density at radius 1 is 1.12 bits per heavy atom. The van der Waals surface area contributed by atoms with Gasteiger partial charge in [-0.25, -0.2) is 4.98 Å². The quantitative estimate of drug-likeness (QED) is 0.552. The number of carbonyl (C=O) groups excluding carboxylic acids is 1. The summed E-state index contributed by atoms with van der Waals surface area (Å²) in [4.78, 5) is 24.8. The van der Waals surface area contributed by atoms with E-state index >= 15 is 0 Å². The second-order valence-corrected chi connectivity index (χ2v) is 6.13. The summed E-state index contributed by atoms with van der Waals surface area (Å²) in [7, 11) is 0. The minimum absolute atomic E-state index is 0.194. The number of nitrogens with one attached hydrogen (secondary N) is 2. The molecule has 8 heteroatoms. The molecular weight excluding hydrogens is 336 g/mol. The van der Waals surface area contributed by atoms with Crippen molar-refractivity contribution in [1.82, 2.24) is 25.1 Å². The van der Waals surface area contributed by atoms with E-state index in [2.05, 4.69) is 30.5 Å². The van der Waals surface area contributed by atoms with E-state index < -0.39 is 0 Å². The predicted molar refractivity (Wildman–Crippen MR) is 96.9 cm³/mol. The molecule has 0 fully saturated rings. The number of hydrogen-bond acceptors (Lipinski definition) is 6. The topological polar surface area (TPSA) is 96.5 Å². The molecule has 0 atom stereocenters. The number of aromatic amines is 1. The molecule has 4 aromatic rings. The Balaban J connectivity index is 1.44. The lowest BCUT2D eigenvalue weighted by Crippen LogP contribution is -2.09. The molecule has 1 aromatic carbocycles. The summed E-state index contributed by atoms with van der Waals surface area (Å²) in [6, 6.07) is 13.3. The van der Waals surface area contributed by atoms with Crippen LogP contribution in [-0.2, 0) is 4.79 Å². The number of amides is 1. The van der Waals surface area contributed by atoms with Crippen LogP contribution in [0, 0.1) is 0 Å². The first-order valence-electron chi connectivity index (χ1n) is 7.46. The Hall–Kier alpha value is -3.39. The molecule has 7 nitrogen and oxygen atoms in total. The average molecular weight is 348 g/mol. The zero-order chi connectivity index (χ0) is 17.1. The van der Waals surface area contributed by atoms with E-state index in [0.717, 1.165) is 15.2 Å². The average Bonchev–Trinajstić information content (AvgIpc) is 3.27. The molecule has 0 aliphatic carbocycles. The zero-order valence-electron chi connectivity index (χ0n) is 12.9. The van der Waals surface area contributed by atoms with Gasteiger partial charge in [-0.3, -0.25) is 20.2 Å². The van der Waals surface area contributed by atoms with Crippen LogP contribution < -0.4 is 5.32 Å². The molecule has 0 spiro atoms. The SMILES string of the molecule is O=C(/C=C/c1nc2ccccc2s1)Nc1n[nH]c(-c2ccccn2)n1. The van der Waals surface area contributed by atoms with Crippen molar-refractivity contribution in [3.63, 3.8) is 0 Å². The molecule has 0 aliphatic heterocycles. The van der Waals surface area contributed by atoms with Crippen LogP contribution in [0.25, 0.3) is 27.8 Å². The van der Waals surface area contributed by atoms with E-state index in [1.807, 2.05) is 36.4 Å². The molecule has 25 heavy (non-hydrogen) atoms.